The van der Waals surface area contributed by atoms with Gasteiger partial charge in [-0.25, -0.2) is 0 Å². The first-order valence-corrected chi connectivity index (χ1v) is 6.79. The summed E-state index contributed by atoms with van der Waals surface area (Å²) in [4.78, 5) is 40.2. The zero-order chi connectivity index (χ0) is 16.7. The first-order valence-electron chi connectivity index (χ1n) is 6.79. The highest BCUT2D eigenvalue weighted by Gasteiger charge is 2.21. The lowest BCUT2D eigenvalue weighted by Gasteiger charge is -2.16. The Bertz CT molecular complexity index is 708. The van der Waals surface area contributed by atoms with Crippen molar-refractivity contribution < 1.29 is 18.8 Å². The van der Waals surface area contributed by atoms with Crippen molar-refractivity contribution in [3.63, 3.8) is 0 Å². The van der Waals surface area contributed by atoms with Crippen molar-refractivity contribution >= 4 is 29.6 Å². The Morgan fingerprint density at radius 3 is 2.74 bits per heavy atom. The number of rotatable bonds is 6. The highest BCUT2D eigenvalue weighted by molar-refractivity contribution is 6.28. The number of anilines is 1. The maximum atomic E-state index is 12.7. The number of aromatic nitrogens is 1. The highest BCUT2D eigenvalue weighted by atomic mass is 16.3. The van der Waals surface area contributed by atoms with E-state index in [1.54, 1.807) is 30.3 Å². The normalized spacial score (nSPS) is 10.9. The maximum Gasteiger partial charge on any atom is 0.262 e. The molecule has 0 aliphatic rings. The van der Waals surface area contributed by atoms with Crippen molar-refractivity contribution in [1.82, 2.24) is 10.3 Å². The second-order valence-electron chi connectivity index (χ2n) is 4.50. The van der Waals surface area contributed by atoms with Crippen LogP contribution in [0.3, 0.4) is 0 Å². The summed E-state index contributed by atoms with van der Waals surface area (Å²) in [6.07, 6.45) is 4.64. The lowest BCUT2D eigenvalue weighted by molar-refractivity contribution is -0.118. The van der Waals surface area contributed by atoms with Gasteiger partial charge in [0.25, 0.3) is 5.91 Å². The highest BCUT2D eigenvalue weighted by Crippen LogP contribution is 2.20. The molecular formula is C16H15N3O4. The minimum absolute atomic E-state index is 0.0906. The van der Waals surface area contributed by atoms with E-state index < -0.39 is 11.8 Å². The second-order valence-corrected chi connectivity index (χ2v) is 4.50. The summed E-state index contributed by atoms with van der Waals surface area (Å²) in [6.45, 7) is -0.132. The molecule has 1 N–H and O–H groups in total. The van der Waals surface area contributed by atoms with Crippen molar-refractivity contribution in [3.05, 3.63) is 54.6 Å². The quantitative estimate of drug-likeness (QED) is 0.635. The van der Waals surface area contributed by atoms with E-state index in [-0.39, 0.29) is 12.1 Å². The van der Waals surface area contributed by atoms with Crippen LogP contribution in [0.5, 0.6) is 0 Å². The molecule has 2 heterocycles. The summed E-state index contributed by atoms with van der Waals surface area (Å²) in [6, 6.07) is 8.31. The predicted octanol–water partition coefficient (Wildman–Crippen LogP) is 1.04. The summed E-state index contributed by atoms with van der Waals surface area (Å²) in [5.74, 6) is -0.677. The van der Waals surface area contributed by atoms with Gasteiger partial charge in [-0.3, -0.25) is 19.5 Å². The van der Waals surface area contributed by atoms with Crippen LogP contribution in [-0.4, -0.2) is 36.7 Å². The average Bonchev–Trinajstić information content (AvgIpc) is 3.12. The fourth-order valence-corrected chi connectivity index (χ4v) is 1.83. The van der Waals surface area contributed by atoms with Crippen LogP contribution in [0, 0.1) is 0 Å². The number of amides is 2. The summed E-state index contributed by atoms with van der Waals surface area (Å²) in [7, 11) is 1.53. The number of nitrogens with zero attached hydrogens (tertiary/aromatic N) is 2. The molecule has 23 heavy (non-hydrogen) atoms. The van der Waals surface area contributed by atoms with Gasteiger partial charge in [0.2, 0.25) is 11.8 Å². The van der Waals surface area contributed by atoms with Gasteiger partial charge in [0, 0.05) is 25.4 Å². The summed E-state index contributed by atoms with van der Waals surface area (Å²) in [5, 5.41) is 2.36. The standard InChI is InChI=1S/C16H15N3O4/c1-19(15-6-4-10-23-15)16(22)12(11-14(21)18-8-9-20)13-5-2-3-7-17-13/h2-7,9-11H,8H2,1H3,(H,18,21). The lowest BCUT2D eigenvalue weighted by atomic mass is 10.1. The number of furan rings is 1. The number of likely N-dealkylation sites (N-methyl/N-ethyl adjacent to an activating group) is 1. The number of hydrogen-bond acceptors (Lipinski definition) is 5. The summed E-state index contributed by atoms with van der Waals surface area (Å²) < 4.78 is 5.18. The van der Waals surface area contributed by atoms with E-state index in [1.807, 2.05) is 0 Å². The van der Waals surface area contributed by atoms with Crippen molar-refractivity contribution in [2.45, 2.75) is 0 Å². The molecule has 118 valence electrons. The van der Waals surface area contributed by atoms with Crippen LogP contribution >= 0.6 is 0 Å². The van der Waals surface area contributed by atoms with Crippen molar-refractivity contribution in [2.24, 2.45) is 0 Å². The smallest absolute Gasteiger partial charge is 0.262 e. The molecule has 0 aliphatic carbocycles. The van der Waals surface area contributed by atoms with Crippen molar-refractivity contribution in [1.29, 1.82) is 0 Å². The van der Waals surface area contributed by atoms with E-state index in [0.29, 0.717) is 17.9 Å². The third kappa shape index (κ3) is 4.13. The van der Waals surface area contributed by atoms with E-state index in [2.05, 4.69) is 10.3 Å². The molecule has 0 radical (unpaired) electrons. The fraction of sp³-hybridized carbons (Fsp3) is 0.125. The minimum atomic E-state index is -0.557. The molecule has 7 nitrogen and oxygen atoms in total. The maximum absolute atomic E-state index is 12.7. The molecule has 0 saturated carbocycles. The molecule has 0 atom stereocenters. The van der Waals surface area contributed by atoms with Crippen LogP contribution in [-0.2, 0) is 14.4 Å². The zero-order valence-electron chi connectivity index (χ0n) is 12.4. The van der Waals surface area contributed by atoms with Crippen LogP contribution in [0.1, 0.15) is 5.69 Å². The van der Waals surface area contributed by atoms with Gasteiger partial charge < -0.3 is 14.5 Å². The van der Waals surface area contributed by atoms with E-state index in [0.717, 1.165) is 6.08 Å². The van der Waals surface area contributed by atoms with E-state index in [9.17, 15) is 14.4 Å². The zero-order valence-corrected chi connectivity index (χ0v) is 12.4. The van der Waals surface area contributed by atoms with Crippen LogP contribution in [0.25, 0.3) is 5.57 Å². The van der Waals surface area contributed by atoms with E-state index in [4.69, 9.17) is 4.42 Å². The first kappa shape index (κ1) is 16.2. The number of pyridine rings is 1. The number of hydrogen-bond donors (Lipinski definition) is 1. The fourth-order valence-electron chi connectivity index (χ4n) is 1.83. The molecule has 0 saturated heterocycles. The van der Waals surface area contributed by atoms with Crippen molar-refractivity contribution in [3.8, 4) is 0 Å². The molecule has 7 heteroatoms. The van der Waals surface area contributed by atoms with Gasteiger partial charge in [0.15, 0.2) is 0 Å². The molecule has 0 aromatic carbocycles. The first-order chi connectivity index (χ1) is 11.1. The van der Waals surface area contributed by atoms with E-state index in [1.165, 1.54) is 24.4 Å². The molecule has 2 aromatic rings. The van der Waals surface area contributed by atoms with Gasteiger partial charge in [-0.15, -0.1) is 0 Å². The Hall–Kier alpha value is -3.22. The van der Waals surface area contributed by atoms with Crippen LogP contribution in [0.2, 0.25) is 0 Å². The van der Waals surface area contributed by atoms with Gasteiger partial charge in [0.05, 0.1) is 24.1 Å². The summed E-state index contributed by atoms with van der Waals surface area (Å²) in [5.41, 5.74) is 0.435. The Labute approximate surface area is 132 Å². The molecule has 2 aromatic heterocycles. The van der Waals surface area contributed by atoms with E-state index >= 15 is 0 Å². The van der Waals surface area contributed by atoms with Gasteiger partial charge in [0.1, 0.15) is 6.29 Å². The Morgan fingerprint density at radius 1 is 1.30 bits per heavy atom. The monoisotopic (exact) mass is 313 g/mol. The average molecular weight is 313 g/mol. The predicted molar refractivity (Wildman–Crippen MR) is 83.4 cm³/mol. The Morgan fingerprint density at radius 2 is 2.13 bits per heavy atom. The number of carbonyl (C=O) groups is 3. The van der Waals surface area contributed by atoms with Gasteiger partial charge in [-0.2, -0.15) is 0 Å². The van der Waals surface area contributed by atoms with Gasteiger partial charge >= 0.3 is 0 Å². The van der Waals surface area contributed by atoms with Gasteiger partial charge in [-0.1, -0.05) is 6.07 Å². The lowest BCUT2D eigenvalue weighted by Crippen LogP contribution is -2.29. The van der Waals surface area contributed by atoms with Crippen molar-refractivity contribution in [2.75, 3.05) is 18.5 Å². The van der Waals surface area contributed by atoms with Crippen LogP contribution < -0.4 is 10.2 Å². The SMILES string of the molecule is CN(C(=O)C(=CC(=O)NCC=O)c1ccccn1)c1ccco1. The third-order valence-corrected chi connectivity index (χ3v) is 2.95. The molecule has 0 aliphatic heterocycles. The summed E-state index contributed by atoms with van der Waals surface area (Å²) >= 11 is 0. The molecule has 0 bridgehead atoms. The molecule has 2 rings (SSSR count). The van der Waals surface area contributed by atoms with Crippen LogP contribution in [0.4, 0.5) is 5.88 Å². The largest absolute Gasteiger partial charge is 0.448 e. The number of aldehydes is 1. The Balaban J connectivity index is 2.33. The van der Waals surface area contributed by atoms with Crippen LogP contribution in [0.15, 0.2) is 53.3 Å². The molecule has 2 amide bonds. The molecule has 0 spiro atoms. The molecule has 0 unspecified atom stereocenters. The number of carbonyl (C=O) groups excluding carboxylic acids is 3. The minimum Gasteiger partial charge on any atom is -0.448 e. The molecule has 0 fully saturated rings. The topological polar surface area (TPSA) is 92.5 Å². The third-order valence-electron chi connectivity index (χ3n) is 2.95. The molecular weight excluding hydrogens is 298 g/mol. The Kier molecular flexibility index (Phi) is 5.40. The van der Waals surface area contributed by atoms with Gasteiger partial charge in [-0.05, 0) is 18.2 Å². The second kappa shape index (κ2) is 7.69. The number of nitrogens with one attached hydrogen (secondary N) is 1.